The molecule has 126 valence electrons. The first-order valence-electron chi connectivity index (χ1n) is 7.91. The third-order valence-electron chi connectivity index (χ3n) is 3.97. The first kappa shape index (κ1) is 16.2. The summed E-state index contributed by atoms with van der Waals surface area (Å²) in [7, 11) is 0. The average molecular weight is 328 g/mol. The van der Waals surface area contributed by atoms with Crippen LogP contribution in [0.3, 0.4) is 0 Å². The number of hydrogen-bond donors (Lipinski definition) is 1. The highest BCUT2D eigenvalue weighted by Gasteiger charge is 2.26. The lowest BCUT2D eigenvalue weighted by atomic mass is 10.2. The summed E-state index contributed by atoms with van der Waals surface area (Å²) in [5.41, 5.74) is 1.25. The molecule has 0 radical (unpaired) electrons. The fourth-order valence-corrected chi connectivity index (χ4v) is 2.69. The van der Waals surface area contributed by atoms with Crippen LogP contribution in [0.2, 0.25) is 0 Å². The second-order valence-electron chi connectivity index (χ2n) is 5.83. The van der Waals surface area contributed by atoms with Gasteiger partial charge in [-0.25, -0.2) is 0 Å². The molecule has 24 heavy (non-hydrogen) atoms. The Morgan fingerprint density at radius 2 is 1.88 bits per heavy atom. The van der Waals surface area contributed by atoms with Crippen molar-refractivity contribution in [2.24, 2.45) is 0 Å². The van der Waals surface area contributed by atoms with Crippen molar-refractivity contribution in [1.82, 2.24) is 15.0 Å². The van der Waals surface area contributed by atoms with E-state index in [-0.39, 0.29) is 5.82 Å². The molecule has 1 aromatic heterocycles. The molecule has 0 bridgehead atoms. The number of rotatable bonds is 3. The molecule has 1 aliphatic rings. The van der Waals surface area contributed by atoms with Crippen LogP contribution in [-0.4, -0.2) is 52.9 Å². The van der Waals surface area contributed by atoms with Crippen molar-refractivity contribution in [2.45, 2.75) is 13.5 Å². The van der Waals surface area contributed by atoms with E-state index >= 15 is 0 Å². The average Bonchev–Trinajstić information content (AvgIpc) is 3.00. The molecule has 1 saturated heterocycles. The maximum Gasteiger partial charge on any atom is 0.315 e. The summed E-state index contributed by atoms with van der Waals surface area (Å²) in [5, 5.41) is 6.12. The van der Waals surface area contributed by atoms with E-state index in [9.17, 15) is 9.59 Å². The quantitative estimate of drug-likeness (QED) is 0.859. The number of anilines is 1. The van der Waals surface area contributed by atoms with E-state index in [0.717, 1.165) is 19.6 Å². The molecule has 0 spiro atoms. The zero-order valence-electron chi connectivity index (χ0n) is 13.6. The number of carbonyl (C=O) groups excluding carboxylic acids is 2. The Bertz CT molecular complexity index is 706. The summed E-state index contributed by atoms with van der Waals surface area (Å²) in [6, 6.07) is 11.8. The highest BCUT2D eigenvalue weighted by Crippen LogP contribution is 2.10. The Balaban J connectivity index is 1.48. The third-order valence-corrected chi connectivity index (χ3v) is 3.97. The molecule has 7 heteroatoms. The first-order valence-corrected chi connectivity index (χ1v) is 7.91. The standard InChI is InChI=1S/C17H20N4O3/c1-13-11-15(19-24-13)18-16(22)17(23)21-9-7-20(8-10-21)12-14-5-3-2-4-6-14/h2-6,11H,7-10,12H2,1H3,(H,18,19,22). The summed E-state index contributed by atoms with van der Waals surface area (Å²) in [6.07, 6.45) is 0. The minimum atomic E-state index is -0.681. The molecule has 1 N–H and O–H groups in total. The first-order chi connectivity index (χ1) is 11.6. The van der Waals surface area contributed by atoms with Gasteiger partial charge in [0.1, 0.15) is 5.76 Å². The predicted octanol–water partition coefficient (Wildman–Crippen LogP) is 1.27. The molecule has 0 atom stereocenters. The second kappa shape index (κ2) is 7.27. The Morgan fingerprint density at radius 3 is 2.50 bits per heavy atom. The van der Waals surface area contributed by atoms with E-state index in [2.05, 4.69) is 27.5 Å². The van der Waals surface area contributed by atoms with Gasteiger partial charge in [-0.1, -0.05) is 35.5 Å². The molecule has 2 aromatic rings. The highest BCUT2D eigenvalue weighted by molar-refractivity contribution is 6.39. The Kier molecular flexibility index (Phi) is 4.90. The van der Waals surface area contributed by atoms with Crippen LogP contribution in [0.25, 0.3) is 0 Å². The molecule has 1 aliphatic heterocycles. The van der Waals surface area contributed by atoms with Gasteiger partial charge in [0.2, 0.25) is 0 Å². The van der Waals surface area contributed by atoms with E-state index in [1.807, 2.05) is 18.2 Å². The van der Waals surface area contributed by atoms with Gasteiger partial charge in [-0.05, 0) is 12.5 Å². The van der Waals surface area contributed by atoms with Gasteiger partial charge in [0.25, 0.3) is 0 Å². The van der Waals surface area contributed by atoms with Crippen molar-refractivity contribution in [3.05, 3.63) is 47.7 Å². The number of aromatic nitrogens is 1. The number of carbonyl (C=O) groups is 2. The maximum absolute atomic E-state index is 12.2. The van der Waals surface area contributed by atoms with Crippen LogP contribution in [-0.2, 0) is 16.1 Å². The van der Waals surface area contributed by atoms with E-state index in [4.69, 9.17) is 4.52 Å². The fraction of sp³-hybridized carbons (Fsp3) is 0.353. The van der Waals surface area contributed by atoms with E-state index < -0.39 is 11.8 Å². The molecule has 2 amide bonds. The van der Waals surface area contributed by atoms with Crippen LogP contribution < -0.4 is 5.32 Å². The molecule has 0 aliphatic carbocycles. The molecule has 0 unspecified atom stereocenters. The summed E-state index contributed by atoms with van der Waals surface area (Å²) in [4.78, 5) is 28.1. The third kappa shape index (κ3) is 3.99. The molecule has 1 aromatic carbocycles. The predicted molar refractivity (Wildman–Crippen MR) is 88.2 cm³/mol. The minimum Gasteiger partial charge on any atom is -0.360 e. The lowest BCUT2D eigenvalue weighted by Crippen LogP contribution is -2.51. The van der Waals surface area contributed by atoms with Gasteiger partial charge in [-0.2, -0.15) is 0 Å². The number of aryl methyl sites for hydroxylation is 1. The van der Waals surface area contributed by atoms with Crippen molar-refractivity contribution < 1.29 is 14.1 Å². The summed E-state index contributed by atoms with van der Waals surface area (Å²) in [6.45, 7) is 5.14. The van der Waals surface area contributed by atoms with Crippen molar-refractivity contribution in [3.8, 4) is 0 Å². The number of benzene rings is 1. The van der Waals surface area contributed by atoms with Crippen molar-refractivity contribution in [1.29, 1.82) is 0 Å². The Hall–Kier alpha value is -2.67. The van der Waals surface area contributed by atoms with E-state index in [1.165, 1.54) is 5.56 Å². The van der Waals surface area contributed by atoms with Gasteiger partial charge in [0.15, 0.2) is 5.82 Å². The van der Waals surface area contributed by atoms with Gasteiger partial charge >= 0.3 is 11.8 Å². The van der Waals surface area contributed by atoms with Crippen LogP contribution in [0.4, 0.5) is 5.82 Å². The number of hydrogen-bond acceptors (Lipinski definition) is 5. The van der Waals surface area contributed by atoms with Crippen LogP contribution in [0.15, 0.2) is 40.9 Å². The maximum atomic E-state index is 12.2. The van der Waals surface area contributed by atoms with Crippen LogP contribution in [0, 0.1) is 6.92 Å². The lowest BCUT2D eigenvalue weighted by Gasteiger charge is -2.34. The molecule has 7 nitrogen and oxygen atoms in total. The number of nitrogens with one attached hydrogen (secondary N) is 1. The molecular weight excluding hydrogens is 308 g/mol. The Morgan fingerprint density at radius 1 is 1.17 bits per heavy atom. The topological polar surface area (TPSA) is 78.7 Å². The van der Waals surface area contributed by atoms with Crippen molar-refractivity contribution >= 4 is 17.6 Å². The minimum absolute atomic E-state index is 0.258. The van der Waals surface area contributed by atoms with Gasteiger partial charge in [-0.3, -0.25) is 19.8 Å². The highest BCUT2D eigenvalue weighted by atomic mass is 16.5. The monoisotopic (exact) mass is 328 g/mol. The molecule has 0 saturated carbocycles. The molecule has 2 heterocycles. The van der Waals surface area contributed by atoms with Gasteiger partial charge in [-0.15, -0.1) is 0 Å². The number of amides is 2. The second-order valence-corrected chi connectivity index (χ2v) is 5.83. The van der Waals surface area contributed by atoms with Crippen LogP contribution in [0.1, 0.15) is 11.3 Å². The van der Waals surface area contributed by atoms with Crippen LogP contribution in [0.5, 0.6) is 0 Å². The summed E-state index contributed by atoms with van der Waals surface area (Å²) < 4.78 is 4.86. The van der Waals surface area contributed by atoms with Gasteiger partial charge < -0.3 is 9.42 Å². The SMILES string of the molecule is Cc1cc(NC(=O)C(=O)N2CCN(Cc3ccccc3)CC2)no1. The molecule has 1 fully saturated rings. The van der Waals surface area contributed by atoms with Crippen LogP contribution >= 0.6 is 0 Å². The zero-order valence-corrected chi connectivity index (χ0v) is 13.6. The van der Waals surface area contributed by atoms with Gasteiger partial charge in [0.05, 0.1) is 0 Å². The normalized spacial score (nSPS) is 15.3. The largest absolute Gasteiger partial charge is 0.360 e. The molecule has 3 rings (SSSR count). The smallest absolute Gasteiger partial charge is 0.315 e. The van der Waals surface area contributed by atoms with E-state index in [1.54, 1.807) is 17.9 Å². The summed E-state index contributed by atoms with van der Waals surface area (Å²) in [5.74, 6) is -0.379. The van der Waals surface area contributed by atoms with Crippen molar-refractivity contribution in [3.63, 3.8) is 0 Å². The fourth-order valence-electron chi connectivity index (χ4n) is 2.69. The zero-order chi connectivity index (χ0) is 16.9. The number of piperazine rings is 1. The Labute approximate surface area is 140 Å². The molecular formula is C17H20N4O3. The number of nitrogens with zero attached hydrogens (tertiary/aromatic N) is 3. The summed E-state index contributed by atoms with van der Waals surface area (Å²) >= 11 is 0. The van der Waals surface area contributed by atoms with E-state index in [0.29, 0.717) is 18.8 Å². The van der Waals surface area contributed by atoms with Crippen molar-refractivity contribution in [2.75, 3.05) is 31.5 Å². The van der Waals surface area contributed by atoms with Gasteiger partial charge in [0, 0.05) is 38.8 Å². The lowest BCUT2D eigenvalue weighted by molar-refractivity contribution is -0.144.